The molecular formula is C31H27N5O3. The summed E-state index contributed by atoms with van der Waals surface area (Å²) >= 11 is 0. The lowest BCUT2D eigenvalue weighted by molar-refractivity contribution is -0.129. The molecule has 3 aromatic carbocycles. The Bertz CT molecular complexity index is 1600. The van der Waals surface area contributed by atoms with E-state index in [1.165, 1.54) is 4.90 Å². The zero-order valence-electron chi connectivity index (χ0n) is 21.7. The summed E-state index contributed by atoms with van der Waals surface area (Å²) in [6, 6.07) is 26.6. The predicted octanol–water partition coefficient (Wildman–Crippen LogP) is 3.81. The summed E-state index contributed by atoms with van der Waals surface area (Å²) in [6.45, 7) is 3.03. The lowest BCUT2D eigenvalue weighted by Gasteiger charge is -2.39. The van der Waals surface area contributed by atoms with Crippen molar-refractivity contribution in [2.45, 2.75) is 18.9 Å². The van der Waals surface area contributed by atoms with Crippen molar-refractivity contribution in [3.8, 4) is 11.8 Å². The Morgan fingerprint density at radius 3 is 2.38 bits per heavy atom. The minimum absolute atomic E-state index is 0.0480. The normalized spacial score (nSPS) is 20.1. The molecule has 6 rings (SSSR count). The highest BCUT2D eigenvalue weighted by Gasteiger charge is 2.63. The monoisotopic (exact) mass is 517 g/mol. The third-order valence-corrected chi connectivity index (χ3v) is 7.68. The molecule has 2 amide bonds. The average molecular weight is 518 g/mol. The van der Waals surface area contributed by atoms with Gasteiger partial charge in [-0.1, -0.05) is 48.5 Å². The van der Waals surface area contributed by atoms with Gasteiger partial charge in [-0.2, -0.15) is 5.26 Å². The largest absolute Gasteiger partial charge is 0.494 e. The summed E-state index contributed by atoms with van der Waals surface area (Å²) in [7, 11) is 1.67. The van der Waals surface area contributed by atoms with Crippen LogP contribution in [0, 0.1) is 11.3 Å². The van der Waals surface area contributed by atoms with Gasteiger partial charge in [-0.15, -0.1) is 0 Å². The summed E-state index contributed by atoms with van der Waals surface area (Å²) in [5.74, 6) is 0.176. The van der Waals surface area contributed by atoms with E-state index in [0.29, 0.717) is 41.5 Å². The van der Waals surface area contributed by atoms with Gasteiger partial charge < -0.3 is 20.3 Å². The van der Waals surface area contributed by atoms with Crippen LogP contribution in [0.15, 0.2) is 102 Å². The first kappa shape index (κ1) is 24.3. The molecule has 1 spiro atoms. The second-order valence-corrected chi connectivity index (χ2v) is 9.73. The summed E-state index contributed by atoms with van der Waals surface area (Å²) < 4.78 is 5.61. The molecule has 2 N–H and O–H groups in total. The molecule has 8 heteroatoms. The van der Waals surface area contributed by atoms with Gasteiger partial charge in [0.25, 0.3) is 5.91 Å². The van der Waals surface area contributed by atoms with Gasteiger partial charge in [0.1, 0.15) is 23.1 Å². The SMILES string of the molecule is CCOc1ccc(N2C(N)=C(C#N)C3(C(=O)N(C)c4ccccc43)C3=C2CN(Cc2ccccc2)C3=O)cc1. The summed E-state index contributed by atoms with van der Waals surface area (Å²) in [6.07, 6.45) is 0. The zero-order chi connectivity index (χ0) is 27.3. The quantitative estimate of drug-likeness (QED) is 0.552. The highest BCUT2D eigenvalue weighted by molar-refractivity contribution is 6.20. The van der Waals surface area contributed by atoms with Crippen LogP contribution in [0.3, 0.4) is 0 Å². The number of ether oxygens (including phenoxy) is 1. The van der Waals surface area contributed by atoms with Crippen LogP contribution in [-0.4, -0.2) is 36.9 Å². The third-order valence-electron chi connectivity index (χ3n) is 7.68. The van der Waals surface area contributed by atoms with E-state index < -0.39 is 5.41 Å². The Morgan fingerprint density at radius 1 is 1.00 bits per heavy atom. The van der Waals surface area contributed by atoms with Crippen LogP contribution in [0.4, 0.5) is 11.4 Å². The molecule has 0 bridgehead atoms. The van der Waals surface area contributed by atoms with Crippen molar-refractivity contribution < 1.29 is 14.3 Å². The van der Waals surface area contributed by atoms with Crippen LogP contribution in [0.2, 0.25) is 0 Å². The maximum Gasteiger partial charge on any atom is 0.254 e. The second kappa shape index (κ2) is 9.07. The Balaban J connectivity index is 1.58. The minimum atomic E-state index is -1.62. The number of nitrogens with zero attached hydrogens (tertiary/aromatic N) is 4. The number of amides is 2. The maximum atomic E-state index is 14.3. The highest BCUT2D eigenvalue weighted by Crippen LogP contribution is 2.56. The van der Waals surface area contributed by atoms with Crippen molar-refractivity contribution in [3.05, 3.63) is 113 Å². The number of carbonyl (C=O) groups excluding carboxylic acids is 2. The Labute approximate surface area is 226 Å². The predicted molar refractivity (Wildman–Crippen MR) is 147 cm³/mol. The molecule has 39 heavy (non-hydrogen) atoms. The van der Waals surface area contributed by atoms with Crippen LogP contribution >= 0.6 is 0 Å². The molecule has 0 saturated carbocycles. The van der Waals surface area contributed by atoms with Gasteiger partial charge in [0.15, 0.2) is 0 Å². The zero-order valence-corrected chi connectivity index (χ0v) is 21.7. The summed E-state index contributed by atoms with van der Waals surface area (Å²) in [5, 5.41) is 10.6. The fourth-order valence-electron chi connectivity index (χ4n) is 6.02. The molecule has 3 aromatic rings. The van der Waals surface area contributed by atoms with Crippen molar-refractivity contribution >= 4 is 23.2 Å². The Morgan fingerprint density at radius 2 is 1.69 bits per heavy atom. The molecule has 0 saturated heterocycles. The van der Waals surface area contributed by atoms with E-state index in [-0.39, 0.29) is 35.3 Å². The number of hydrogen-bond donors (Lipinski definition) is 1. The molecule has 3 aliphatic rings. The second-order valence-electron chi connectivity index (χ2n) is 9.73. The van der Waals surface area contributed by atoms with Crippen LogP contribution in [0.25, 0.3) is 0 Å². The number of nitriles is 1. The van der Waals surface area contributed by atoms with Gasteiger partial charge in [-0.3, -0.25) is 14.5 Å². The van der Waals surface area contributed by atoms with Crippen molar-refractivity contribution in [2.24, 2.45) is 5.73 Å². The molecule has 8 nitrogen and oxygen atoms in total. The number of anilines is 2. The standard InChI is InChI=1S/C31H27N5O3/c1-3-39-22-15-13-21(14-16-22)36-26-19-35(18-20-9-5-4-6-10-20)29(37)27(26)31(24(17-32)28(36)33)23-11-7-8-12-25(23)34(2)30(31)38/h4-16H,3,18-19,33H2,1-2H3. The number of benzene rings is 3. The van der Waals surface area contributed by atoms with Gasteiger partial charge in [-0.25, -0.2) is 0 Å². The summed E-state index contributed by atoms with van der Waals surface area (Å²) in [5.41, 5.74) is 8.97. The number of para-hydroxylation sites is 1. The first-order valence-electron chi connectivity index (χ1n) is 12.8. The Hall–Kier alpha value is -5.03. The van der Waals surface area contributed by atoms with Gasteiger partial charge in [0, 0.05) is 30.5 Å². The van der Waals surface area contributed by atoms with Crippen LogP contribution in [0.1, 0.15) is 18.1 Å². The fraction of sp³-hybridized carbons (Fsp3) is 0.194. The van der Waals surface area contributed by atoms with E-state index in [0.717, 1.165) is 5.56 Å². The molecule has 1 atom stereocenters. The Kier molecular flexibility index (Phi) is 5.65. The van der Waals surface area contributed by atoms with E-state index in [2.05, 4.69) is 6.07 Å². The molecule has 0 radical (unpaired) electrons. The number of likely N-dealkylation sites (N-methyl/N-ethyl adjacent to an activating group) is 1. The van der Waals surface area contributed by atoms with Crippen molar-refractivity contribution in [3.63, 3.8) is 0 Å². The van der Waals surface area contributed by atoms with Crippen LogP contribution in [0.5, 0.6) is 5.75 Å². The third kappa shape index (κ3) is 3.36. The minimum Gasteiger partial charge on any atom is -0.494 e. The molecular weight excluding hydrogens is 490 g/mol. The van der Waals surface area contributed by atoms with E-state index in [4.69, 9.17) is 10.5 Å². The van der Waals surface area contributed by atoms with Crippen molar-refractivity contribution in [2.75, 3.05) is 30.0 Å². The van der Waals surface area contributed by atoms with E-state index in [1.54, 1.807) is 16.8 Å². The van der Waals surface area contributed by atoms with Crippen molar-refractivity contribution in [1.82, 2.24) is 4.90 Å². The van der Waals surface area contributed by atoms with E-state index in [1.807, 2.05) is 85.8 Å². The summed E-state index contributed by atoms with van der Waals surface area (Å²) in [4.78, 5) is 33.5. The average Bonchev–Trinajstić information content (AvgIpc) is 3.38. The number of fused-ring (bicyclic) bond motifs is 3. The number of nitrogens with two attached hydrogens (primary N) is 1. The van der Waals surface area contributed by atoms with Gasteiger partial charge in [-0.05, 0) is 42.8 Å². The molecule has 0 aromatic heterocycles. The van der Waals surface area contributed by atoms with Gasteiger partial charge in [0.05, 0.1) is 30.0 Å². The van der Waals surface area contributed by atoms with Gasteiger partial charge >= 0.3 is 0 Å². The number of hydrogen-bond acceptors (Lipinski definition) is 6. The number of rotatable bonds is 5. The molecule has 0 aliphatic carbocycles. The molecule has 1 unspecified atom stereocenters. The van der Waals surface area contributed by atoms with E-state index in [9.17, 15) is 14.9 Å². The highest BCUT2D eigenvalue weighted by atomic mass is 16.5. The van der Waals surface area contributed by atoms with Crippen LogP contribution in [-0.2, 0) is 21.5 Å². The lowest BCUT2D eigenvalue weighted by atomic mass is 9.67. The first-order chi connectivity index (χ1) is 18.9. The molecule has 194 valence electrons. The maximum absolute atomic E-state index is 14.3. The first-order valence-corrected chi connectivity index (χ1v) is 12.8. The molecule has 0 fully saturated rings. The molecule has 3 aliphatic heterocycles. The lowest BCUT2D eigenvalue weighted by Crippen LogP contribution is -2.50. The number of carbonyl (C=O) groups is 2. The van der Waals surface area contributed by atoms with E-state index >= 15 is 0 Å². The smallest absolute Gasteiger partial charge is 0.254 e. The van der Waals surface area contributed by atoms with Crippen molar-refractivity contribution in [1.29, 1.82) is 5.26 Å². The molecule has 3 heterocycles. The van der Waals surface area contributed by atoms with Gasteiger partial charge in [0.2, 0.25) is 5.91 Å². The fourth-order valence-corrected chi connectivity index (χ4v) is 6.02. The van der Waals surface area contributed by atoms with Crippen LogP contribution < -0.4 is 20.3 Å². The topological polar surface area (TPSA) is 103 Å².